The lowest BCUT2D eigenvalue weighted by Crippen LogP contribution is -2.30. The van der Waals surface area contributed by atoms with Crippen molar-refractivity contribution in [2.75, 3.05) is 18.0 Å². The van der Waals surface area contributed by atoms with E-state index in [-0.39, 0.29) is 6.42 Å². The van der Waals surface area contributed by atoms with Crippen LogP contribution in [0.4, 0.5) is 5.82 Å². The number of anilines is 1. The van der Waals surface area contributed by atoms with Gasteiger partial charge >= 0.3 is 5.97 Å². The molecule has 1 aromatic heterocycles. The average molecular weight is 221 g/mol. The third kappa shape index (κ3) is 2.68. The van der Waals surface area contributed by atoms with Crippen molar-refractivity contribution in [2.45, 2.75) is 25.7 Å². The molecule has 86 valence electrons. The number of piperidine rings is 1. The van der Waals surface area contributed by atoms with E-state index in [2.05, 4.69) is 14.9 Å². The topological polar surface area (TPSA) is 66.3 Å². The van der Waals surface area contributed by atoms with Gasteiger partial charge in [0.05, 0.1) is 24.5 Å². The van der Waals surface area contributed by atoms with E-state index < -0.39 is 5.97 Å². The van der Waals surface area contributed by atoms with Crippen LogP contribution in [0.5, 0.6) is 0 Å². The minimum atomic E-state index is -0.875. The zero-order valence-electron chi connectivity index (χ0n) is 9.09. The third-order valence-corrected chi connectivity index (χ3v) is 2.70. The van der Waals surface area contributed by atoms with Crippen molar-refractivity contribution < 1.29 is 9.90 Å². The molecule has 1 aliphatic heterocycles. The number of aromatic nitrogens is 2. The van der Waals surface area contributed by atoms with E-state index in [1.165, 1.54) is 19.3 Å². The number of carboxylic acids is 1. The molecule has 0 amide bonds. The Hall–Kier alpha value is -1.65. The molecule has 1 aliphatic rings. The van der Waals surface area contributed by atoms with E-state index in [0.717, 1.165) is 18.9 Å². The lowest BCUT2D eigenvalue weighted by molar-refractivity contribution is -0.136. The van der Waals surface area contributed by atoms with Crippen LogP contribution in [0.25, 0.3) is 0 Å². The Bertz CT molecular complexity index is 358. The molecule has 16 heavy (non-hydrogen) atoms. The van der Waals surface area contributed by atoms with Gasteiger partial charge < -0.3 is 10.0 Å². The van der Waals surface area contributed by atoms with Crippen molar-refractivity contribution in [2.24, 2.45) is 0 Å². The van der Waals surface area contributed by atoms with E-state index in [4.69, 9.17) is 5.11 Å². The maximum Gasteiger partial charge on any atom is 0.309 e. The highest BCUT2D eigenvalue weighted by Crippen LogP contribution is 2.16. The summed E-state index contributed by atoms with van der Waals surface area (Å²) in [4.78, 5) is 21.0. The van der Waals surface area contributed by atoms with Gasteiger partial charge in [-0.2, -0.15) is 0 Å². The molecule has 0 aromatic carbocycles. The summed E-state index contributed by atoms with van der Waals surface area (Å²) in [6.45, 7) is 2.04. The molecule has 1 N–H and O–H groups in total. The van der Waals surface area contributed by atoms with Crippen LogP contribution in [0.1, 0.15) is 25.0 Å². The quantitative estimate of drug-likeness (QED) is 0.827. The van der Waals surface area contributed by atoms with Gasteiger partial charge in [0.1, 0.15) is 5.82 Å². The molecule has 0 aliphatic carbocycles. The van der Waals surface area contributed by atoms with E-state index in [9.17, 15) is 4.79 Å². The predicted octanol–water partition coefficient (Wildman–Crippen LogP) is 1.09. The molecule has 0 unspecified atom stereocenters. The zero-order chi connectivity index (χ0) is 11.4. The SMILES string of the molecule is O=C(O)Cc1cnc(N2CCCCC2)cn1. The summed E-state index contributed by atoms with van der Waals surface area (Å²) in [5.41, 5.74) is 0.508. The van der Waals surface area contributed by atoms with Crippen molar-refractivity contribution in [3.05, 3.63) is 18.1 Å². The van der Waals surface area contributed by atoms with Crippen LogP contribution in [0, 0.1) is 0 Å². The van der Waals surface area contributed by atoms with E-state index in [0.29, 0.717) is 5.69 Å². The lowest BCUT2D eigenvalue weighted by atomic mass is 10.1. The number of hydrogen-bond donors (Lipinski definition) is 1. The maximum atomic E-state index is 10.5. The van der Waals surface area contributed by atoms with Gasteiger partial charge in [0.15, 0.2) is 0 Å². The molecule has 1 fully saturated rings. The minimum absolute atomic E-state index is 0.0622. The van der Waals surface area contributed by atoms with Crippen molar-refractivity contribution in [1.82, 2.24) is 9.97 Å². The molecule has 5 heteroatoms. The Balaban J connectivity index is 2.03. The van der Waals surface area contributed by atoms with Crippen LogP contribution < -0.4 is 4.90 Å². The first-order chi connectivity index (χ1) is 7.75. The van der Waals surface area contributed by atoms with Crippen LogP contribution in [-0.4, -0.2) is 34.1 Å². The van der Waals surface area contributed by atoms with Gasteiger partial charge in [0.25, 0.3) is 0 Å². The highest BCUT2D eigenvalue weighted by Gasteiger charge is 2.12. The molecule has 1 saturated heterocycles. The smallest absolute Gasteiger partial charge is 0.309 e. The molecular weight excluding hydrogens is 206 g/mol. The Morgan fingerprint density at radius 3 is 2.56 bits per heavy atom. The van der Waals surface area contributed by atoms with Gasteiger partial charge in [-0.3, -0.25) is 9.78 Å². The van der Waals surface area contributed by atoms with Crippen molar-refractivity contribution in [1.29, 1.82) is 0 Å². The fraction of sp³-hybridized carbons (Fsp3) is 0.545. The summed E-state index contributed by atoms with van der Waals surface area (Å²) in [5, 5.41) is 8.61. The first-order valence-corrected chi connectivity index (χ1v) is 5.53. The van der Waals surface area contributed by atoms with Crippen LogP contribution in [0.2, 0.25) is 0 Å². The average Bonchev–Trinajstić information content (AvgIpc) is 2.30. The number of rotatable bonds is 3. The molecule has 1 aromatic rings. The van der Waals surface area contributed by atoms with Crippen LogP contribution >= 0.6 is 0 Å². The number of hydrogen-bond acceptors (Lipinski definition) is 4. The van der Waals surface area contributed by atoms with E-state index in [1.54, 1.807) is 12.4 Å². The van der Waals surface area contributed by atoms with Gasteiger partial charge in [-0.05, 0) is 19.3 Å². The van der Waals surface area contributed by atoms with Gasteiger partial charge in [-0.15, -0.1) is 0 Å². The fourth-order valence-electron chi connectivity index (χ4n) is 1.88. The van der Waals surface area contributed by atoms with Gasteiger partial charge in [-0.25, -0.2) is 4.98 Å². The summed E-state index contributed by atoms with van der Waals surface area (Å²) in [6, 6.07) is 0. The predicted molar refractivity (Wildman–Crippen MR) is 59.4 cm³/mol. The minimum Gasteiger partial charge on any atom is -0.481 e. The molecule has 5 nitrogen and oxygen atoms in total. The van der Waals surface area contributed by atoms with Crippen molar-refractivity contribution >= 4 is 11.8 Å². The molecule has 2 rings (SSSR count). The largest absolute Gasteiger partial charge is 0.481 e. The normalized spacial score (nSPS) is 16.1. The number of aliphatic carboxylic acids is 1. The number of carbonyl (C=O) groups is 1. The monoisotopic (exact) mass is 221 g/mol. The summed E-state index contributed by atoms with van der Waals surface area (Å²) >= 11 is 0. The van der Waals surface area contributed by atoms with Gasteiger partial charge in [0.2, 0.25) is 0 Å². The van der Waals surface area contributed by atoms with Gasteiger partial charge in [0, 0.05) is 13.1 Å². The molecule has 0 bridgehead atoms. The first-order valence-electron chi connectivity index (χ1n) is 5.53. The highest BCUT2D eigenvalue weighted by atomic mass is 16.4. The molecule has 0 radical (unpaired) electrons. The lowest BCUT2D eigenvalue weighted by Gasteiger charge is -2.27. The number of carboxylic acid groups (broad SMARTS) is 1. The third-order valence-electron chi connectivity index (χ3n) is 2.70. The second-order valence-electron chi connectivity index (χ2n) is 3.98. The van der Waals surface area contributed by atoms with Crippen molar-refractivity contribution in [3.63, 3.8) is 0 Å². The number of nitrogens with zero attached hydrogens (tertiary/aromatic N) is 3. The summed E-state index contributed by atoms with van der Waals surface area (Å²) < 4.78 is 0. The first kappa shape index (κ1) is 10.9. The van der Waals surface area contributed by atoms with Gasteiger partial charge in [-0.1, -0.05) is 0 Å². The highest BCUT2D eigenvalue weighted by molar-refractivity contribution is 5.69. The van der Waals surface area contributed by atoms with Crippen LogP contribution in [0.15, 0.2) is 12.4 Å². The fourth-order valence-corrected chi connectivity index (χ4v) is 1.88. The summed E-state index contributed by atoms with van der Waals surface area (Å²) in [7, 11) is 0. The molecule has 0 saturated carbocycles. The Morgan fingerprint density at radius 1 is 1.25 bits per heavy atom. The molecule has 0 atom stereocenters. The van der Waals surface area contributed by atoms with Crippen LogP contribution in [0.3, 0.4) is 0 Å². The van der Waals surface area contributed by atoms with E-state index in [1.807, 2.05) is 0 Å². The Labute approximate surface area is 94.1 Å². The standard InChI is InChI=1S/C11H15N3O2/c15-11(16)6-9-7-13-10(8-12-9)14-4-2-1-3-5-14/h7-8H,1-6H2,(H,15,16). The second-order valence-corrected chi connectivity index (χ2v) is 3.98. The Kier molecular flexibility index (Phi) is 3.34. The summed E-state index contributed by atoms with van der Waals surface area (Å²) in [5.74, 6) is -0.0196. The van der Waals surface area contributed by atoms with Crippen molar-refractivity contribution in [3.8, 4) is 0 Å². The summed E-state index contributed by atoms with van der Waals surface area (Å²) in [6.07, 6.45) is 6.83. The molecule has 2 heterocycles. The zero-order valence-corrected chi connectivity index (χ0v) is 9.09. The molecule has 0 spiro atoms. The Morgan fingerprint density at radius 2 is 2.00 bits per heavy atom. The maximum absolute atomic E-state index is 10.5. The second kappa shape index (κ2) is 4.92. The van der Waals surface area contributed by atoms with Crippen LogP contribution in [-0.2, 0) is 11.2 Å². The molecular formula is C11H15N3O2. The van der Waals surface area contributed by atoms with E-state index >= 15 is 0 Å².